The van der Waals surface area contributed by atoms with Gasteiger partial charge in [-0.05, 0) is 62.6 Å². The van der Waals surface area contributed by atoms with Crippen molar-refractivity contribution in [2.75, 3.05) is 5.32 Å². The first-order valence-corrected chi connectivity index (χ1v) is 7.42. The fourth-order valence-electron chi connectivity index (χ4n) is 2.87. The Bertz CT molecular complexity index is 875. The van der Waals surface area contributed by atoms with Crippen LogP contribution in [0, 0.1) is 27.7 Å². The maximum Gasteiger partial charge on any atom is 0.272 e. The topological polar surface area (TPSA) is 44.9 Å². The molecular weight excluding hydrogens is 272 g/mol. The molecule has 3 rings (SSSR count). The zero-order chi connectivity index (χ0) is 15.9. The Kier molecular flexibility index (Phi) is 3.49. The van der Waals surface area contributed by atoms with Crippen molar-refractivity contribution in [2.24, 2.45) is 0 Å². The molecule has 0 aliphatic carbocycles. The lowest BCUT2D eigenvalue weighted by Crippen LogP contribution is -2.13. The maximum atomic E-state index is 12.5. The van der Waals surface area contributed by atoms with Crippen LogP contribution in [0.4, 0.5) is 5.69 Å². The molecule has 0 atom stereocenters. The summed E-state index contributed by atoms with van der Waals surface area (Å²) in [5.41, 5.74) is 7.06. The average Bonchev–Trinajstić information content (AvgIpc) is 2.86. The zero-order valence-electron chi connectivity index (χ0n) is 13.4. The minimum absolute atomic E-state index is 0.111. The molecule has 3 nitrogen and oxygen atoms in total. The van der Waals surface area contributed by atoms with E-state index < -0.39 is 0 Å². The van der Waals surface area contributed by atoms with E-state index in [2.05, 4.69) is 42.3 Å². The summed E-state index contributed by atoms with van der Waals surface area (Å²) in [5, 5.41) is 4.07. The molecule has 0 aliphatic rings. The summed E-state index contributed by atoms with van der Waals surface area (Å²) in [4.78, 5) is 15.7. The second-order valence-corrected chi connectivity index (χ2v) is 6.00. The number of hydrogen-bond acceptors (Lipinski definition) is 1. The third kappa shape index (κ3) is 2.62. The van der Waals surface area contributed by atoms with E-state index in [9.17, 15) is 4.79 Å². The van der Waals surface area contributed by atoms with Crippen LogP contribution in [0.2, 0.25) is 0 Å². The van der Waals surface area contributed by atoms with Crippen molar-refractivity contribution in [1.82, 2.24) is 4.98 Å². The van der Waals surface area contributed by atoms with Crippen molar-refractivity contribution >= 4 is 22.5 Å². The van der Waals surface area contributed by atoms with Gasteiger partial charge in [0.05, 0.1) is 0 Å². The van der Waals surface area contributed by atoms with Crippen LogP contribution in [0.25, 0.3) is 10.9 Å². The van der Waals surface area contributed by atoms with Gasteiger partial charge in [-0.3, -0.25) is 4.79 Å². The molecule has 1 heterocycles. The molecule has 0 aliphatic heterocycles. The molecule has 0 unspecified atom stereocenters. The summed E-state index contributed by atoms with van der Waals surface area (Å²) in [6, 6.07) is 12.1. The summed E-state index contributed by atoms with van der Waals surface area (Å²) in [6.07, 6.45) is 0. The first-order valence-electron chi connectivity index (χ1n) is 7.42. The second kappa shape index (κ2) is 5.34. The molecule has 0 saturated carbocycles. The maximum absolute atomic E-state index is 12.5. The first kappa shape index (κ1) is 14.4. The Balaban J connectivity index is 1.93. The number of aryl methyl sites for hydroxylation is 4. The second-order valence-electron chi connectivity index (χ2n) is 6.00. The SMILES string of the molecule is Cc1ccc(NC(=O)c2cc3c(C)cc(C)cc3[nH]2)c(C)c1. The Morgan fingerprint density at radius 2 is 1.64 bits per heavy atom. The van der Waals surface area contributed by atoms with Crippen molar-refractivity contribution in [1.29, 1.82) is 0 Å². The van der Waals surface area contributed by atoms with Gasteiger partial charge >= 0.3 is 0 Å². The normalized spacial score (nSPS) is 10.9. The smallest absolute Gasteiger partial charge is 0.272 e. The number of aromatic nitrogens is 1. The monoisotopic (exact) mass is 292 g/mol. The number of carbonyl (C=O) groups is 1. The molecule has 0 bridgehead atoms. The molecule has 0 spiro atoms. The van der Waals surface area contributed by atoms with Crippen molar-refractivity contribution in [2.45, 2.75) is 27.7 Å². The number of hydrogen-bond donors (Lipinski definition) is 2. The lowest BCUT2D eigenvalue weighted by atomic mass is 10.1. The van der Waals surface area contributed by atoms with Crippen LogP contribution < -0.4 is 5.32 Å². The van der Waals surface area contributed by atoms with Gasteiger partial charge in [-0.25, -0.2) is 0 Å². The predicted octanol–water partition coefficient (Wildman–Crippen LogP) is 4.65. The summed E-state index contributed by atoms with van der Waals surface area (Å²) in [5.74, 6) is -0.111. The highest BCUT2D eigenvalue weighted by molar-refractivity contribution is 6.06. The van der Waals surface area contributed by atoms with Crippen LogP contribution in [0.15, 0.2) is 36.4 Å². The Hall–Kier alpha value is -2.55. The molecule has 0 radical (unpaired) electrons. The van der Waals surface area contributed by atoms with Gasteiger partial charge in [0, 0.05) is 16.6 Å². The Labute approximate surface area is 130 Å². The van der Waals surface area contributed by atoms with Gasteiger partial charge in [-0.1, -0.05) is 23.8 Å². The van der Waals surface area contributed by atoms with E-state index in [0.29, 0.717) is 5.69 Å². The van der Waals surface area contributed by atoms with Crippen molar-refractivity contribution in [3.05, 3.63) is 64.3 Å². The van der Waals surface area contributed by atoms with E-state index in [0.717, 1.165) is 22.2 Å². The molecule has 1 amide bonds. The highest BCUT2D eigenvalue weighted by Crippen LogP contribution is 2.23. The third-order valence-corrected chi connectivity index (χ3v) is 3.96. The van der Waals surface area contributed by atoms with Crippen LogP contribution in [0.3, 0.4) is 0 Å². The van der Waals surface area contributed by atoms with Gasteiger partial charge in [-0.2, -0.15) is 0 Å². The summed E-state index contributed by atoms with van der Waals surface area (Å²) < 4.78 is 0. The van der Waals surface area contributed by atoms with Crippen LogP contribution >= 0.6 is 0 Å². The van der Waals surface area contributed by atoms with E-state index >= 15 is 0 Å². The number of anilines is 1. The summed E-state index contributed by atoms with van der Waals surface area (Å²) in [7, 11) is 0. The third-order valence-electron chi connectivity index (χ3n) is 3.96. The number of nitrogens with one attached hydrogen (secondary N) is 2. The van der Waals surface area contributed by atoms with Crippen molar-refractivity contribution in [3.8, 4) is 0 Å². The minimum atomic E-state index is -0.111. The Morgan fingerprint density at radius 3 is 2.36 bits per heavy atom. The van der Waals surface area contributed by atoms with Gasteiger partial charge in [0.1, 0.15) is 5.69 Å². The summed E-state index contributed by atoms with van der Waals surface area (Å²) >= 11 is 0. The number of aromatic amines is 1. The number of H-pyrrole nitrogens is 1. The average molecular weight is 292 g/mol. The lowest BCUT2D eigenvalue weighted by Gasteiger charge is -2.08. The van der Waals surface area contributed by atoms with Gasteiger partial charge in [0.2, 0.25) is 0 Å². The highest BCUT2D eigenvalue weighted by Gasteiger charge is 2.12. The zero-order valence-corrected chi connectivity index (χ0v) is 13.4. The summed E-state index contributed by atoms with van der Waals surface area (Å²) in [6.45, 7) is 8.17. The van der Waals surface area contributed by atoms with E-state index in [1.165, 1.54) is 16.7 Å². The first-order chi connectivity index (χ1) is 10.4. The fraction of sp³-hybridized carbons (Fsp3) is 0.211. The van der Waals surface area contributed by atoms with Crippen molar-refractivity contribution in [3.63, 3.8) is 0 Å². The van der Waals surface area contributed by atoms with E-state index in [-0.39, 0.29) is 5.91 Å². The van der Waals surface area contributed by atoms with E-state index in [4.69, 9.17) is 0 Å². The lowest BCUT2D eigenvalue weighted by molar-refractivity contribution is 0.102. The van der Waals surface area contributed by atoms with Crippen LogP contribution in [0.1, 0.15) is 32.7 Å². The van der Waals surface area contributed by atoms with E-state index in [1.54, 1.807) is 0 Å². The van der Waals surface area contributed by atoms with Crippen LogP contribution in [0.5, 0.6) is 0 Å². The number of fused-ring (bicyclic) bond motifs is 1. The van der Waals surface area contributed by atoms with Crippen LogP contribution in [-0.2, 0) is 0 Å². The molecule has 22 heavy (non-hydrogen) atoms. The van der Waals surface area contributed by atoms with Crippen molar-refractivity contribution < 1.29 is 4.79 Å². The number of benzene rings is 2. The quantitative estimate of drug-likeness (QED) is 0.709. The standard InChI is InChI=1S/C19H20N2O/c1-11-5-6-16(14(4)7-11)21-19(22)18-10-15-13(3)8-12(2)9-17(15)20-18/h5-10,20H,1-4H3,(H,21,22). The predicted molar refractivity (Wildman–Crippen MR) is 91.6 cm³/mol. The molecule has 3 heteroatoms. The highest BCUT2D eigenvalue weighted by atomic mass is 16.1. The molecule has 0 fully saturated rings. The molecule has 3 aromatic rings. The number of amides is 1. The molecule has 2 aromatic carbocycles. The minimum Gasteiger partial charge on any atom is -0.351 e. The van der Waals surface area contributed by atoms with Gasteiger partial charge in [-0.15, -0.1) is 0 Å². The molecule has 1 aromatic heterocycles. The molecule has 2 N–H and O–H groups in total. The van der Waals surface area contributed by atoms with Gasteiger partial charge in [0.25, 0.3) is 5.91 Å². The van der Waals surface area contributed by atoms with Crippen LogP contribution in [-0.4, -0.2) is 10.9 Å². The number of carbonyl (C=O) groups excluding carboxylic acids is 1. The van der Waals surface area contributed by atoms with E-state index in [1.807, 2.05) is 32.0 Å². The number of rotatable bonds is 2. The molecule has 112 valence electrons. The fourth-order valence-corrected chi connectivity index (χ4v) is 2.87. The molecular formula is C19H20N2O. The molecule has 0 saturated heterocycles. The van der Waals surface area contributed by atoms with Gasteiger partial charge < -0.3 is 10.3 Å². The largest absolute Gasteiger partial charge is 0.351 e. The van der Waals surface area contributed by atoms with Gasteiger partial charge in [0.15, 0.2) is 0 Å². The Morgan fingerprint density at radius 1 is 0.909 bits per heavy atom.